The van der Waals surface area contributed by atoms with Gasteiger partial charge in [-0.2, -0.15) is 0 Å². The van der Waals surface area contributed by atoms with Gasteiger partial charge in [-0.3, -0.25) is 0 Å². The fraction of sp³-hybridized carbons (Fsp3) is 0.905. The summed E-state index contributed by atoms with van der Waals surface area (Å²) in [5, 5.41) is 9.59. The van der Waals surface area contributed by atoms with Crippen molar-refractivity contribution in [1.29, 1.82) is 0 Å². The molecule has 0 fully saturated rings. The molecule has 26 heavy (non-hydrogen) atoms. The second kappa shape index (κ2) is 9.04. The lowest BCUT2D eigenvalue weighted by Gasteiger charge is -2.44. The molecule has 3 nitrogen and oxygen atoms in total. The van der Waals surface area contributed by atoms with E-state index in [0.717, 1.165) is 13.0 Å². The van der Waals surface area contributed by atoms with Crippen molar-refractivity contribution in [3.63, 3.8) is 0 Å². The van der Waals surface area contributed by atoms with Crippen molar-refractivity contribution in [1.82, 2.24) is 0 Å². The van der Waals surface area contributed by atoms with Gasteiger partial charge >= 0.3 is 0 Å². The lowest BCUT2D eigenvalue weighted by atomic mass is 9.84. The SMILES string of the molecule is CC(C)(/C=C/CO)[C@H](CCO[Si](C)(C)C(C)(C)C)O[Si](C)(C)C(C)(C)C. The summed E-state index contributed by atoms with van der Waals surface area (Å²) in [6, 6.07) is 0. The molecule has 0 aromatic heterocycles. The zero-order chi connectivity index (χ0) is 21.0. The number of hydrogen-bond acceptors (Lipinski definition) is 3. The van der Waals surface area contributed by atoms with Gasteiger partial charge in [-0.25, -0.2) is 0 Å². The summed E-state index contributed by atoms with van der Waals surface area (Å²) in [6.07, 6.45) is 4.88. The van der Waals surface area contributed by atoms with E-state index in [9.17, 15) is 5.11 Å². The van der Waals surface area contributed by atoms with Crippen LogP contribution in [0.4, 0.5) is 0 Å². The molecule has 0 heterocycles. The number of aliphatic hydroxyl groups excluding tert-OH is 1. The maximum Gasteiger partial charge on any atom is 0.192 e. The van der Waals surface area contributed by atoms with E-state index in [2.05, 4.69) is 87.7 Å². The minimum absolute atomic E-state index is 0.0662. The van der Waals surface area contributed by atoms with E-state index < -0.39 is 16.6 Å². The zero-order valence-electron chi connectivity index (χ0n) is 19.6. The molecule has 0 spiro atoms. The average molecular weight is 403 g/mol. The van der Waals surface area contributed by atoms with Crippen LogP contribution >= 0.6 is 0 Å². The molecule has 5 heteroatoms. The van der Waals surface area contributed by atoms with E-state index >= 15 is 0 Å². The van der Waals surface area contributed by atoms with E-state index in [0.29, 0.717) is 0 Å². The van der Waals surface area contributed by atoms with Gasteiger partial charge in [-0.15, -0.1) is 0 Å². The molecule has 0 aliphatic rings. The Morgan fingerprint density at radius 2 is 1.31 bits per heavy atom. The molecule has 1 atom stereocenters. The third-order valence-corrected chi connectivity index (χ3v) is 15.4. The third kappa shape index (κ3) is 7.59. The standard InChI is InChI=1S/C21H46O3Si2/c1-19(2,3)25(9,10)23-17-14-18(21(7,8)15-13-16-22)24-26(11,12)20(4,5)6/h13,15,18,22H,14,16-17H2,1-12H3/b15-13+/t18-/m0/s1. The summed E-state index contributed by atoms with van der Waals surface area (Å²) >= 11 is 0. The molecule has 0 aliphatic carbocycles. The predicted molar refractivity (Wildman–Crippen MR) is 120 cm³/mol. The second-order valence-electron chi connectivity index (χ2n) is 11.2. The van der Waals surface area contributed by atoms with Crippen LogP contribution < -0.4 is 0 Å². The Bertz CT molecular complexity index is 455. The largest absolute Gasteiger partial charge is 0.417 e. The quantitative estimate of drug-likeness (QED) is 0.360. The van der Waals surface area contributed by atoms with Crippen molar-refractivity contribution in [2.75, 3.05) is 13.2 Å². The Balaban J connectivity index is 5.34. The molecule has 156 valence electrons. The molecular weight excluding hydrogens is 356 g/mol. The monoisotopic (exact) mass is 402 g/mol. The summed E-state index contributed by atoms with van der Waals surface area (Å²) in [4.78, 5) is 0. The third-order valence-electron chi connectivity index (χ3n) is 6.37. The van der Waals surface area contributed by atoms with Crippen molar-refractivity contribution in [2.24, 2.45) is 5.41 Å². The zero-order valence-corrected chi connectivity index (χ0v) is 21.6. The van der Waals surface area contributed by atoms with Gasteiger partial charge in [0.05, 0.1) is 12.7 Å². The molecule has 0 amide bonds. The fourth-order valence-corrected chi connectivity index (χ4v) is 4.76. The molecule has 0 aliphatic heterocycles. The van der Waals surface area contributed by atoms with Gasteiger partial charge < -0.3 is 14.0 Å². The molecule has 1 N–H and O–H groups in total. The van der Waals surface area contributed by atoms with E-state index in [-0.39, 0.29) is 28.2 Å². The average Bonchev–Trinajstić information content (AvgIpc) is 2.41. The molecule has 0 unspecified atom stereocenters. The van der Waals surface area contributed by atoms with Crippen molar-refractivity contribution in [3.05, 3.63) is 12.2 Å². The van der Waals surface area contributed by atoms with Gasteiger partial charge in [0.1, 0.15) is 0 Å². The summed E-state index contributed by atoms with van der Waals surface area (Å²) in [5.41, 5.74) is -0.144. The molecular formula is C21H46O3Si2. The van der Waals surface area contributed by atoms with Crippen LogP contribution in [-0.2, 0) is 8.85 Å². The highest BCUT2D eigenvalue weighted by Gasteiger charge is 2.43. The smallest absolute Gasteiger partial charge is 0.192 e. The van der Waals surface area contributed by atoms with Crippen LogP contribution in [0.5, 0.6) is 0 Å². The van der Waals surface area contributed by atoms with Crippen LogP contribution in [0.2, 0.25) is 36.3 Å². The van der Waals surface area contributed by atoms with Crippen molar-refractivity contribution in [3.8, 4) is 0 Å². The van der Waals surface area contributed by atoms with E-state index in [1.165, 1.54) is 0 Å². The number of aliphatic hydroxyl groups is 1. The first kappa shape index (κ1) is 26.1. The van der Waals surface area contributed by atoms with Crippen molar-refractivity contribution in [2.45, 2.75) is 104 Å². The van der Waals surface area contributed by atoms with Crippen LogP contribution in [0.3, 0.4) is 0 Å². The van der Waals surface area contributed by atoms with Crippen LogP contribution in [0.15, 0.2) is 12.2 Å². The Labute approximate surface area is 165 Å². The van der Waals surface area contributed by atoms with Gasteiger partial charge in [-0.1, -0.05) is 67.5 Å². The molecule has 0 saturated carbocycles. The highest BCUT2D eigenvalue weighted by Crippen LogP contribution is 2.41. The highest BCUT2D eigenvalue weighted by molar-refractivity contribution is 6.74. The first-order chi connectivity index (χ1) is 11.4. The summed E-state index contributed by atoms with van der Waals surface area (Å²) in [5.74, 6) is 0. The first-order valence-corrected chi connectivity index (χ1v) is 15.8. The molecule has 0 aromatic carbocycles. The van der Waals surface area contributed by atoms with E-state index in [4.69, 9.17) is 8.85 Å². The van der Waals surface area contributed by atoms with Crippen molar-refractivity contribution < 1.29 is 14.0 Å². The molecule has 0 saturated heterocycles. The Kier molecular flexibility index (Phi) is 9.05. The highest BCUT2D eigenvalue weighted by atomic mass is 28.4. The first-order valence-electron chi connectivity index (χ1n) is 9.98. The van der Waals surface area contributed by atoms with Gasteiger partial charge in [0.2, 0.25) is 0 Å². The van der Waals surface area contributed by atoms with Crippen LogP contribution in [0, 0.1) is 5.41 Å². The van der Waals surface area contributed by atoms with Crippen LogP contribution in [0.1, 0.15) is 61.8 Å². The molecule has 0 rings (SSSR count). The van der Waals surface area contributed by atoms with E-state index in [1.807, 2.05) is 6.08 Å². The van der Waals surface area contributed by atoms with Gasteiger partial charge in [-0.05, 0) is 42.7 Å². The lowest BCUT2D eigenvalue weighted by molar-refractivity contribution is 0.0670. The Morgan fingerprint density at radius 3 is 1.69 bits per heavy atom. The summed E-state index contributed by atoms with van der Waals surface area (Å²) in [6.45, 7) is 28.1. The Morgan fingerprint density at radius 1 is 0.846 bits per heavy atom. The van der Waals surface area contributed by atoms with Gasteiger partial charge in [0, 0.05) is 12.0 Å². The Hall–Kier alpha value is 0.0538. The molecule has 0 aromatic rings. The number of rotatable bonds is 9. The maximum absolute atomic E-state index is 9.21. The minimum Gasteiger partial charge on any atom is -0.417 e. The summed E-state index contributed by atoms with van der Waals surface area (Å²) in [7, 11) is -3.64. The van der Waals surface area contributed by atoms with Crippen LogP contribution in [0.25, 0.3) is 0 Å². The molecule has 0 radical (unpaired) electrons. The fourth-order valence-electron chi connectivity index (χ4n) is 2.22. The maximum atomic E-state index is 9.21. The summed E-state index contributed by atoms with van der Waals surface area (Å²) < 4.78 is 13.2. The predicted octanol–water partition coefficient (Wildman–Crippen LogP) is 6.36. The minimum atomic E-state index is -1.89. The van der Waals surface area contributed by atoms with Crippen LogP contribution in [-0.4, -0.2) is 41.1 Å². The topological polar surface area (TPSA) is 38.7 Å². The second-order valence-corrected chi connectivity index (χ2v) is 20.7. The van der Waals surface area contributed by atoms with Gasteiger partial charge in [0.15, 0.2) is 16.6 Å². The van der Waals surface area contributed by atoms with Crippen molar-refractivity contribution >= 4 is 16.6 Å². The van der Waals surface area contributed by atoms with Gasteiger partial charge in [0.25, 0.3) is 0 Å². The normalized spacial score (nSPS) is 16.3. The van der Waals surface area contributed by atoms with E-state index in [1.54, 1.807) is 0 Å². The molecule has 0 bridgehead atoms. The lowest BCUT2D eigenvalue weighted by Crippen LogP contribution is -2.48. The number of hydrogen-bond donors (Lipinski definition) is 1.